The van der Waals surface area contributed by atoms with Gasteiger partial charge in [-0.1, -0.05) is 24.3 Å². The molecule has 0 spiro atoms. The van der Waals surface area contributed by atoms with Crippen LogP contribution in [0.5, 0.6) is 0 Å². The normalized spacial score (nSPS) is 11.1. The average Bonchev–Trinajstić information content (AvgIpc) is 2.37. The number of thioether (sulfide) groups is 1. The van der Waals surface area contributed by atoms with E-state index in [-0.39, 0.29) is 6.29 Å². The Bertz CT molecular complexity index is 322. The summed E-state index contributed by atoms with van der Waals surface area (Å²) in [6.07, 6.45) is 0.919. The maximum absolute atomic E-state index is 5.52. The van der Waals surface area contributed by atoms with Crippen molar-refractivity contribution in [1.82, 2.24) is 0 Å². The second-order valence-electron chi connectivity index (χ2n) is 4.11. The van der Waals surface area contributed by atoms with E-state index in [2.05, 4.69) is 31.2 Å². The van der Waals surface area contributed by atoms with Crippen LogP contribution in [-0.2, 0) is 15.2 Å². The maximum atomic E-state index is 5.52. The van der Waals surface area contributed by atoms with Crippen molar-refractivity contribution in [3.05, 3.63) is 35.4 Å². The molecule has 18 heavy (non-hydrogen) atoms. The molecule has 0 saturated heterocycles. The van der Waals surface area contributed by atoms with Gasteiger partial charge in [0.25, 0.3) is 0 Å². The molecule has 1 aromatic carbocycles. The average molecular weight is 268 g/mol. The van der Waals surface area contributed by atoms with Crippen LogP contribution < -0.4 is 0 Å². The molecule has 0 saturated carbocycles. The molecule has 0 atom stereocenters. The topological polar surface area (TPSA) is 18.5 Å². The lowest BCUT2D eigenvalue weighted by Gasteiger charge is -2.16. The SMILES string of the molecule is CCOC(CCSCc1ccccc1C)OCC. The third-order valence-electron chi connectivity index (χ3n) is 2.72. The van der Waals surface area contributed by atoms with Gasteiger partial charge in [0.1, 0.15) is 0 Å². The first-order valence-electron chi connectivity index (χ1n) is 6.63. The van der Waals surface area contributed by atoms with E-state index in [0.717, 1.165) is 17.9 Å². The van der Waals surface area contributed by atoms with Gasteiger partial charge in [0.05, 0.1) is 0 Å². The second-order valence-corrected chi connectivity index (χ2v) is 5.21. The predicted molar refractivity (Wildman–Crippen MR) is 79.0 cm³/mol. The third-order valence-corrected chi connectivity index (χ3v) is 3.76. The summed E-state index contributed by atoms with van der Waals surface area (Å²) in [4.78, 5) is 0. The van der Waals surface area contributed by atoms with Gasteiger partial charge in [-0.05, 0) is 37.7 Å². The van der Waals surface area contributed by atoms with Crippen molar-refractivity contribution < 1.29 is 9.47 Å². The molecule has 3 heteroatoms. The van der Waals surface area contributed by atoms with E-state index in [0.29, 0.717) is 13.2 Å². The van der Waals surface area contributed by atoms with Gasteiger partial charge in [0, 0.05) is 25.4 Å². The van der Waals surface area contributed by atoms with Crippen molar-refractivity contribution in [2.45, 2.75) is 39.2 Å². The lowest BCUT2D eigenvalue weighted by Crippen LogP contribution is -2.18. The van der Waals surface area contributed by atoms with Crippen LogP contribution in [0.2, 0.25) is 0 Å². The summed E-state index contributed by atoms with van der Waals surface area (Å²) in [5.41, 5.74) is 2.79. The van der Waals surface area contributed by atoms with E-state index >= 15 is 0 Å². The van der Waals surface area contributed by atoms with Crippen molar-refractivity contribution in [2.75, 3.05) is 19.0 Å². The van der Waals surface area contributed by atoms with Gasteiger partial charge in [-0.25, -0.2) is 0 Å². The van der Waals surface area contributed by atoms with Crippen molar-refractivity contribution >= 4 is 11.8 Å². The van der Waals surface area contributed by atoms with Crippen LogP contribution in [0.15, 0.2) is 24.3 Å². The Hall–Kier alpha value is -0.510. The molecule has 0 heterocycles. The summed E-state index contributed by atoms with van der Waals surface area (Å²) in [5, 5.41) is 0. The first kappa shape index (κ1) is 15.5. The van der Waals surface area contributed by atoms with E-state index in [1.807, 2.05) is 25.6 Å². The minimum Gasteiger partial charge on any atom is -0.353 e. The lowest BCUT2D eigenvalue weighted by molar-refractivity contribution is -0.136. The van der Waals surface area contributed by atoms with Gasteiger partial charge in [-0.15, -0.1) is 0 Å². The van der Waals surface area contributed by atoms with Gasteiger partial charge in [0.2, 0.25) is 0 Å². The van der Waals surface area contributed by atoms with Crippen molar-refractivity contribution in [1.29, 1.82) is 0 Å². The smallest absolute Gasteiger partial charge is 0.158 e. The Morgan fingerprint density at radius 2 is 1.78 bits per heavy atom. The Balaban J connectivity index is 2.23. The van der Waals surface area contributed by atoms with Crippen LogP contribution >= 0.6 is 11.8 Å². The molecular weight excluding hydrogens is 244 g/mol. The minimum atomic E-state index is -0.0376. The molecule has 0 aromatic heterocycles. The second kappa shape index (κ2) is 9.42. The van der Waals surface area contributed by atoms with Crippen molar-refractivity contribution in [3.8, 4) is 0 Å². The first-order valence-corrected chi connectivity index (χ1v) is 7.78. The van der Waals surface area contributed by atoms with E-state index in [9.17, 15) is 0 Å². The molecule has 0 fully saturated rings. The van der Waals surface area contributed by atoms with Crippen LogP contribution in [0.1, 0.15) is 31.4 Å². The van der Waals surface area contributed by atoms with Crippen LogP contribution in [0.4, 0.5) is 0 Å². The molecule has 1 rings (SSSR count). The number of aryl methyl sites for hydroxylation is 1. The third kappa shape index (κ3) is 5.89. The molecule has 0 aliphatic rings. The zero-order valence-electron chi connectivity index (χ0n) is 11.6. The van der Waals surface area contributed by atoms with Crippen molar-refractivity contribution in [2.24, 2.45) is 0 Å². The molecule has 0 radical (unpaired) electrons. The molecule has 0 bridgehead atoms. The number of hydrogen-bond acceptors (Lipinski definition) is 3. The molecule has 102 valence electrons. The Morgan fingerprint density at radius 1 is 1.11 bits per heavy atom. The number of ether oxygens (including phenoxy) is 2. The fourth-order valence-corrected chi connectivity index (χ4v) is 2.77. The van der Waals surface area contributed by atoms with Gasteiger partial charge < -0.3 is 9.47 Å². The summed E-state index contributed by atoms with van der Waals surface area (Å²) < 4.78 is 11.0. The summed E-state index contributed by atoms with van der Waals surface area (Å²) in [6.45, 7) is 7.61. The molecule has 0 aliphatic heterocycles. The van der Waals surface area contributed by atoms with E-state index in [1.54, 1.807) is 0 Å². The zero-order chi connectivity index (χ0) is 13.2. The van der Waals surface area contributed by atoms with E-state index in [4.69, 9.17) is 9.47 Å². The number of hydrogen-bond donors (Lipinski definition) is 0. The quantitative estimate of drug-likeness (QED) is 0.498. The van der Waals surface area contributed by atoms with Gasteiger partial charge in [0.15, 0.2) is 6.29 Å². The molecule has 0 unspecified atom stereocenters. The van der Waals surface area contributed by atoms with Crippen molar-refractivity contribution in [3.63, 3.8) is 0 Å². The fraction of sp³-hybridized carbons (Fsp3) is 0.600. The Morgan fingerprint density at radius 3 is 2.39 bits per heavy atom. The van der Waals surface area contributed by atoms with Gasteiger partial charge in [-0.3, -0.25) is 0 Å². The number of rotatable bonds is 9. The number of benzene rings is 1. The monoisotopic (exact) mass is 268 g/mol. The minimum absolute atomic E-state index is 0.0376. The summed E-state index contributed by atoms with van der Waals surface area (Å²) in [5.74, 6) is 2.14. The summed E-state index contributed by atoms with van der Waals surface area (Å²) in [7, 11) is 0. The molecule has 0 aliphatic carbocycles. The Kier molecular flexibility index (Phi) is 8.14. The van der Waals surface area contributed by atoms with Crippen LogP contribution in [-0.4, -0.2) is 25.3 Å². The lowest BCUT2D eigenvalue weighted by atomic mass is 10.1. The standard InChI is InChI=1S/C15H24O2S/c1-4-16-15(17-5-2)10-11-18-12-14-9-7-6-8-13(14)3/h6-9,15H,4-5,10-12H2,1-3H3. The highest BCUT2D eigenvalue weighted by atomic mass is 32.2. The highest BCUT2D eigenvalue weighted by Crippen LogP contribution is 2.17. The summed E-state index contributed by atoms with van der Waals surface area (Å²) in [6, 6.07) is 8.56. The summed E-state index contributed by atoms with van der Waals surface area (Å²) >= 11 is 1.94. The molecule has 0 N–H and O–H groups in total. The van der Waals surface area contributed by atoms with Crippen LogP contribution in [0.25, 0.3) is 0 Å². The fourth-order valence-electron chi connectivity index (χ4n) is 1.72. The highest BCUT2D eigenvalue weighted by Gasteiger charge is 2.07. The zero-order valence-corrected chi connectivity index (χ0v) is 12.5. The van der Waals surface area contributed by atoms with Gasteiger partial charge >= 0.3 is 0 Å². The molecule has 1 aromatic rings. The highest BCUT2D eigenvalue weighted by molar-refractivity contribution is 7.98. The largest absolute Gasteiger partial charge is 0.353 e. The molecule has 0 amide bonds. The maximum Gasteiger partial charge on any atom is 0.158 e. The first-order chi connectivity index (χ1) is 8.77. The van der Waals surface area contributed by atoms with Crippen LogP contribution in [0.3, 0.4) is 0 Å². The predicted octanol–water partition coefficient (Wildman–Crippen LogP) is 4.02. The molecular formula is C15H24O2S. The van der Waals surface area contributed by atoms with Crippen LogP contribution in [0, 0.1) is 6.92 Å². The van der Waals surface area contributed by atoms with E-state index < -0.39 is 0 Å². The molecule has 2 nitrogen and oxygen atoms in total. The van der Waals surface area contributed by atoms with Gasteiger partial charge in [-0.2, -0.15) is 11.8 Å². The van der Waals surface area contributed by atoms with E-state index in [1.165, 1.54) is 11.1 Å². The Labute approximate surface area is 115 Å².